The first-order chi connectivity index (χ1) is 10.2. The second-order valence-corrected chi connectivity index (χ2v) is 5.32. The molecule has 21 heavy (non-hydrogen) atoms. The number of methoxy groups -OCH3 is 2. The summed E-state index contributed by atoms with van der Waals surface area (Å²) in [6.45, 7) is 5.35. The van der Waals surface area contributed by atoms with E-state index in [9.17, 15) is 0 Å². The van der Waals surface area contributed by atoms with E-state index in [0.29, 0.717) is 6.54 Å². The van der Waals surface area contributed by atoms with Crippen LogP contribution in [0.25, 0.3) is 0 Å². The van der Waals surface area contributed by atoms with E-state index >= 15 is 0 Å². The van der Waals surface area contributed by atoms with E-state index in [-0.39, 0.29) is 6.04 Å². The molecule has 0 unspecified atom stereocenters. The van der Waals surface area contributed by atoms with Crippen LogP contribution in [0.1, 0.15) is 24.4 Å². The van der Waals surface area contributed by atoms with E-state index in [0.717, 1.165) is 41.6 Å². The van der Waals surface area contributed by atoms with Crippen molar-refractivity contribution in [3.8, 4) is 11.5 Å². The van der Waals surface area contributed by atoms with Crippen LogP contribution < -0.4 is 14.8 Å². The summed E-state index contributed by atoms with van der Waals surface area (Å²) in [6.07, 6.45) is 4.00. The van der Waals surface area contributed by atoms with Crippen LogP contribution in [-0.4, -0.2) is 37.3 Å². The normalized spacial score (nSPS) is 17.4. The summed E-state index contributed by atoms with van der Waals surface area (Å²) in [5.41, 5.74) is 1.15. The zero-order chi connectivity index (χ0) is 15.2. The van der Waals surface area contributed by atoms with Gasteiger partial charge in [0.1, 0.15) is 11.5 Å². The van der Waals surface area contributed by atoms with E-state index in [1.165, 1.54) is 0 Å². The maximum Gasteiger partial charge on any atom is 0.169 e. The maximum atomic E-state index is 5.52. The molecule has 5 heteroatoms. The molecule has 0 spiro atoms. The first-order valence-corrected chi connectivity index (χ1v) is 7.49. The molecule has 1 atom stereocenters. The third-order valence-electron chi connectivity index (χ3n) is 3.71. The van der Waals surface area contributed by atoms with Gasteiger partial charge in [-0.2, -0.15) is 0 Å². The highest BCUT2D eigenvalue weighted by Crippen LogP contribution is 2.38. The van der Waals surface area contributed by atoms with Crippen molar-refractivity contribution in [2.45, 2.75) is 18.9 Å². The zero-order valence-electron chi connectivity index (χ0n) is 12.6. The Balaban J connectivity index is 2.23. The summed E-state index contributed by atoms with van der Waals surface area (Å²) in [6, 6.07) is 6.20. The minimum absolute atomic E-state index is 0.246. The molecule has 0 saturated carbocycles. The molecule has 1 aliphatic heterocycles. The van der Waals surface area contributed by atoms with Gasteiger partial charge in [-0.25, -0.2) is 0 Å². The van der Waals surface area contributed by atoms with Crippen LogP contribution in [0.2, 0.25) is 0 Å². The molecule has 2 rings (SSSR count). The summed E-state index contributed by atoms with van der Waals surface area (Å²) in [7, 11) is 3.34. The zero-order valence-corrected chi connectivity index (χ0v) is 13.4. The highest BCUT2D eigenvalue weighted by atomic mass is 32.1. The summed E-state index contributed by atoms with van der Waals surface area (Å²) < 4.78 is 10.8. The number of ether oxygens (including phenoxy) is 2. The molecule has 1 N–H and O–H groups in total. The third-order valence-corrected chi connectivity index (χ3v) is 4.09. The van der Waals surface area contributed by atoms with Crippen LogP contribution in [0.5, 0.6) is 11.5 Å². The molecule has 0 amide bonds. The van der Waals surface area contributed by atoms with Gasteiger partial charge in [-0.15, -0.1) is 6.58 Å². The van der Waals surface area contributed by atoms with Crippen LogP contribution in [-0.2, 0) is 0 Å². The highest BCUT2D eigenvalue weighted by Gasteiger charge is 2.30. The lowest BCUT2D eigenvalue weighted by atomic mass is 10.0. The van der Waals surface area contributed by atoms with Crippen LogP contribution in [0.4, 0.5) is 0 Å². The molecular formula is C16H22N2O2S. The van der Waals surface area contributed by atoms with Crippen molar-refractivity contribution >= 4 is 17.3 Å². The molecule has 0 aliphatic carbocycles. The second kappa shape index (κ2) is 7.31. The Morgan fingerprint density at radius 3 is 2.95 bits per heavy atom. The lowest BCUT2D eigenvalue weighted by Gasteiger charge is -2.28. The number of benzene rings is 1. The first kappa shape index (κ1) is 15.6. The van der Waals surface area contributed by atoms with Gasteiger partial charge >= 0.3 is 0 Å². The van der Waals surface area contributed by atoms with Crippen molar-refractivity contribution in [3.05, 3.63) is 36.4 Å². The largest absolute Gasteiger partial charge is 0.497 e. The Morgan fingerprint density at radius 2 is 2.29 bits per heavy atom. The van der Waals surface area contributed by atoms with Crippen molar-refractivity contribution < 1.29 is 9.47 Å². The molecular weight excluding hydrogens is 284 g/mol. The Morgan fingerprint density at radius 1 is 1.48 bits per heavy atom. The van der Waals surface area contributed by atoms with Gasteiger partial charge in [-0.05, 0) is 37.2 Å². The standard InChI is InChI=1S/C16H22N2O2S/c1-4-9-17-16(21)18-10-5-6-14(18)13-8-7-12(19-2)11-15(13)20-3/h4,7-8,11,14H,1,5-6,9-10H2,2-3H3,(H,17,21)/t14-/m1/s1. The molecule has 1 heterocycles. The van der Waals surface area contributed by atoms with E-state index in [1.807, 2.05) is 18.2 Å². The first-order valence-electron chi connectivity index (χ1n) is 7.08. The van der Waals surface area contributed by atoms with Gasteiger partial charge < -0.3 is 19.7 Å². The van der Waals surface area contributed by atoms with E-state index in [2.05, 4.69) is 22.9 Å². The average molecular weight is 306 g/mol. The van der Waals surface area contributed by atoms with Crippen LogP contribution in [0.15, 0.2) is 30.9 Å². The molecule has 1 aliphatic rings. The van der Waals surface area contributed by atoms with E-state index in [4.69, 9.17) is 21.7 Å². The predicted molar refractivity (Wildman–Crippen MR) is 89.0 cm³/mol. The van der Waals surface area contributed by atoms with Gasteiger partial charge in [0.05, 0.1) is 20.3 Å². The van der Waals surface area contributed by atoms with Crippen molar-refractivity contribution in [3.63, 3.8) is 0 Å². The minimum atomic E-state index is 0.246. The van der Waals surface area contributed by atoms with Gasteiger partial charge in [-0.1, -0.05) is 6.08 Å². The lowest BCUT2D eigenvalue weighted by molar-refractivity contribution is 0.357. The fourth-order valence-corrected chi connectivity index (χ4v) is 2.99. The Kier molecular flexibility index (Phi) is 5.44. The van der Waals surface area contributed by atoms with Crippen LogP contribution in [0.3, 0.4) is 0 Å². The van der Waals surface area contributed by atoms with Gasteiger partial charge in [0.2, 0.25) is 0 Å². The fourth-order valence-electron chi connectivity index (χ4n) is 2.69. The smallest absolute Gasteiger partial charge is 0.169 e. The number of rotatable bonds is 5. The Labute approximate surface area is 131 Å². The molecule has 4 nitrogen and oxygen atoms in total. The topological polar surface area (TPSA) is 33.7 Å². The highest BCUT2D eigenvalue weighted by molar-refractivity contribution is 7.80. The van der Waals surface area contributed by atoms with Crippen LogP contribution >= 0.6 is 12.2 Å². The molecule has 0 bridgehead atoms. The predicted octanol–water partition coefficient (Wildman–Crippen LogP) is 2.90. The number of hydrogen-bond acceptors (Lipinski definition) is 3. The van der Waals surface area contributed by atoms with Gasteiger partial charge in [-0.3, -0.25) is 0 Å². The summed E-state index contributed by atoms with van der Waals surface area (Å²) in [4.78, 5) is 2.23. The van der Waals surface area contributed by atoms with Crippen molar-refractivity contribution in [2.24, 2.45) is 0 Å². The Bertz CT molecular complexity index is 519. The number of thiocarbonyl (C=S) groups is 1. The van der Waals surface area contributed by atoms with Gasteiger partial charge in [0.25, 0.3) is 0 Å². The number of likely N-dealkylation sites (tertiary alicyclic amines) is 1. The number of nitrogens with zero attached hydrogens (tertiary/aromatic N) is 1. The van der Waals surface area contributed by atoms with E-state index < -0.39 is 0 Å². The second-order valence-electron chi connectivity index (χ2n) is 4.93. The fraction of sp³-hybridized carbons (Fsp3) is 0.438. The molecule has 0 radical (unpaired) electrons. The van der Waals surface area contributed by atoms with Gasteiger partial charge in [0, 0.05) is 24.7 Å². The van der Waals surface area contributed by atoms with Crippen LogP contribution in [0, 0.1) is 0 Å². The molecule has 1 fully saturated rings. The summed E-state index contributed by atoms with van der Waals surface area (Å²) in [5, 5.41) is 3.98. The minimum Gasteiger partial charge on any atom is -0.497 e. The molecule has 0 aromatic heterocycles. The average Bonchev–Trinajstić information content (AvgIpc) is 3.01. The van der Waals surface area contributed by atoms with Crippen molar-refractivity contribution in [1.29, 1.82) is 0 Å². The van der Waals surface area contributed by atoms with Crippen molar-refractivity contribution in [1.82, 2.24) is 10.2 Å². The monoisotopic (exact) mass is 306 g/mol. The molecule has 1 aromatic carbocycles. The van der Waals surface area contributed by atoms with Crippen molar-refractivity contribution in [2.75, 3.05) is 27.3 Å². The summed E-state index contributed by atoms with van der Waals surface area (Å²) >= 11 is 5.49. The third kappa shape index (κ3) is 3.47. The summed E-state index contributed by atoms with van der Waals surface area (Å²) in [5.74, 6) is 1.64. The SMILES string of the molecule is C=CCNC(=S)N1CCC[C@@H]1c1ccc(OC)cc1OC. The van der Waals surface area contributed by atoms with E-state index in [1.54, 1.807) is 14.2 Å². The lowest BCUT2D eigenvalue weighted by Crippen LogP contribution is -2.39. The number of hydrogen-bond donors (Lipinski definition) is 1. The maximum absolute atomic E-state index is 5.52. The quantitative estimate of drug-likeness (QED) is 0.668. The van der Waals surface area contributed by atoms with Gasteiger partial charge in [0.15, 0.2) is 5.11 Å². The Hall–Kier alpha value is -1.75. The molecule has 114 valence electrons. The number of nitrogens with one attached hydrogen (secondary N) is 1. The molecule has 1 saturated heterocycles. The molecule has 1 aromatic rings.